The van der Waals surface area contributed by atoms with Crippen LogP contribution in [0.3, 0.4) is 0 Å². The van der Waals surface area contributed by atoms with Crippen LogP contribution in [0.1, 0.15) is 23.9 Å². The van der Waals surface area contributed by atoms with E-state index in [1.54, 1.807) is 0 Å². The van der Waals surface area contributed by atoms with Crippen molar-refractivity contribution in [2.75, 3.05) is 22.5 Å². The third-order valence-electron chi connectivity index (χ3n) is 3.19. The Morgan fingerprint density at radius 2 is 1.91 bits per heavy atom. The number of anilines is 3. The number of hydrogen-bond donors (Lipinski definition) is 3. The molecular formula is C15H20N6OS. The van der Waals surface area contributed by atoms with Gasteiger partial charge >= 0.3 is 0 Å². The molecule has 122 valence electrons. The van der Waals surface area contributed by atoms with E-state index in [1.807, 2.05) is 25.1 Å². The van der Waals surface area contributed by atoms with Gasteiger partial charge in [-0.15, -0.1) is 11.8 Å². The molecule has 0 aliphatic carbocycles. The first kappa shape index (κ1) is 17.0. The van der Waals surface area contributed by atoms with E-state index in [4.69, 9.17) is 11.5 Å². The Hall–Kier alpha value is -2.35. The van der Waals surface area contributed by atoms with Crippen LogP contribution in [-0.2, 0) is 17.0 Å². The summed E-state index contributed by atoms with van der Waals surface area (Å²) in [5.74, 6) is 1.32. The molecule has 1 aromatic heterocycles. The summed E-state index contributed by atoms with van der Waals surface area (Å²) in [6.07, 6.45) is 0.869. The van der Waals surface area contributed by atoms with Gasteiger partial charge in [0.1, 0.15) is 5.82 Å². The molecule has 2 aromatic rings. The molecule has 1 amide bonds. The predicted octanol–water partition coefficient (Wildman–Crippen LogP) is 1.78. The van der Waals surface area contributed by atoms with Crippen LogP contribution in [0.25, 0.3) is 0 Å². The maximum Gasteiger partial charge on any atom is 0.234 e. The number of aromatic nitrogens is 3. The summed E-state index contributed by atoms with van der Waals surface area (Å²) < 4.78 is 0. The number of rotatable bonds is 6. The number of nitrogens with two attached hydrogens (primary N) is 2. The number of para-hydroxylation sites is 1. The van der Waals surface area contributed by atoms with Crippen molar-refractivity contribution in [1.82, 2.24) is 15.0 Å². The molecule has 0 aliphatic heterocycles. The van der Waals surface area contributed by atoms with Gasteiger partial charge in [0.15, 0.2) is 0 Å². The van der Waals surface area contributed by atoms with E-state index < -0.39 is 0 Å². The number of nitrogen functional groups attached to an aromatic ring is 2. The lowest BCUT2D eigenvalue weighted by atomic mass is 10.1. The molecule has 0 bridgehead atoms. The summed E-state index contributed by atoms with van der Waals surface area (Å²) in [4.78, 5) is 23.8. The minimum absolute atomic E-state index is 0.0611. The molecule has 23 heavy (non-hydrogen) atoms. The smallest absolute Gasteiger partial charge is 0.234 e. The van der Waals surface area contributed by atoms with Gasteiger partial charge in [0, 0.05) is 5.69 Å². The maximum atomic E-state index is 12.1. The molecule has 0 unspecified atom stereocenters. The molecule has 7 nitrogen and oxygen atoms in total. The zero-order valence-corrected chi connectivity index (χ0v) is 14.0. The third kappa shape index (κ3) is 4.82. The number of hydrogen-bond acceptors (Lipinski definition) is 7. The Kier molecular flexibility index (Phi) is 5.75. The van der Waals surface area contributed by atoms with Gasteiger partial charge in [-0.05, 0) is 24.5 Å². The average molecular weight is 332 g/mol. The van der Waals surface area contributed by atoms with E-state index in [2.05, 4.69) is 27.2 Å². The topological polar surface area (TPSA) is 120 Å². The van der Waals surface area contributed by atoms with Crippen molar-refractivity contribution < 1.29 is 4.79 Å². The fourth-order valence-electron chi connectivity index (χ4n) is 2.13. The SMILES string of the molecule is CCc1cccc(C)c1NC(=O)CSCc1nc(N)nc(N)n1. The van der Waals surface area contributed by atoms with Gasteiger partial charge in [-0.3, -0.25) is 4.79 Å². The van der Waals surface area contributed by atoms with Crippen molar-refractivity contribution >= 4 is 35.3 Å². The van der Waals surface area contributed by atoms with Crippen molar-refractivity contribution in [3.63, 3.8) is 0 Å². The molecule has 5 N–H and O–H groups in total. The van der Waals surface area contributed by atoms with Crippen LogP contribution in [0.2, 0.25) is 0 Å². The number of nitrogens with one attached hydrogen (secondary N) is 1. The number of amides is 1. The maximum absolute atomic E-state index is 12.1. The highest BCUT2D eigenvalue weighted by molar-refractivity contribution is 7.99. The minimum atomic E-state index is -0.0611. The third-order valence-corrected chi connectivity index (χ3v) is 4.11. The molecule has 0 saturated heterocycles. The van der Waals surface area contributed by atoms with E-state index in [0.717, 1.165) is 23.2 Å². The largest absolute Gasteiger partial charge is 0.368 e. The second-order valence-electron chi connectivity index (χ2n) is 4.97. The van der Waals surface area contributed by atoms with Gasteiger partial charge in [0.2, 0.25) is 17.8 Å². The highest BCUT2D eigenvalue weighted by Crippen LogP contribution is 2.21. The molecule has 1 heterocycles. The molecule has 1 aromatic carbocycles. The van der Waals surface area contributed by atoms with Crippen molar-refractivity contribution in [3.8, 4) is 0 Å². The number of nitrogens with zero attached hydrogens (tertiary/aromatic N) is 3. The first-order valence-corrected chi connectivity index (χ1v) is 8.37. The number of thioether (sulfide) groups is 1. The van der Waals surface area contributed by atoms with Crippen molar-refractivity contribution in [2.24, 2.45) is 0 Å². The van der Waals surface area contributed by atoms with Gasteiger partial charge in [-0.2, -0.15) is 15.0 Å². The molecule has 0 radical (unpaired) electrons. The number of carbonyl (C=O) groups excluding carboxylic acids is 1. The summed E-state index contributed by atoms with van der Waals surface area (Å²) in [7, 11) is 0. The second kappa shape index (κ2) is 7.77. The molecule has 0 fully saturated rings. The van der Waals surface area contributed by atoms with Crippen LogP contribution in [0, 0.1) is 6.92 Å². The standard InChI is InChI=1S/C15H20N6OS/c1-3-10-6-4-5-9(2)13(10)20-12(22)8-23-7-11-18-14(16)21-15(17)19-11/h4-6H,3,7-8H2,1-2H3,(H,20,22)(H4,16,17,18,19,21). The lowest BCUT2D eigenvalue weighted by Gasteiger charge is -2.12. The van der Waals surface area contributed by atoms with Crippen LogP contribution in [-0.4, -0.2) is 26.6 Å². The summed E-state index contributed by atoms with van der Waals surface area (Å²) in [6, 6.07) is 6.00. The van der Waals surface area contributed by atoms with Crippen LogP contribution in [0.4, 0.5) is 17.6 Å². The minimum Gasteiger partial charge on any atom is -0.368 e. The van der Waals surface area contributed by atoms with Crippen LogP contribution < -0.4 is 16.8 Å². The fourth-order valence-corrected chi connectivity index (χ4v) is 2.81. The van der Waals surface area contributed by atoms with E-state index in [9.17, 15) is 4.79 Å². The van der Waals surface area contributed by atoms with Gasteiger partial charge in [-0.25, -0.2) is 0 Å². The summed E-state index contributed by atoms with van der Waals surface area (Å²) >= 11 is 1.39. The normalized spacial score (nSPS) is 10.5. The van der Waals surface area contributed by atoms with E-state index in [-0.39, 0.29) is 17.8 Å². The first-order valence-electron chi connectivity index (χ1n) is 7.21. The van der Waals surface area contributed by atoms with Crippen molar-refractivity contribution in [1.29, 1.82) is 0 Å². The van der Waals surface area contributed by atoms with Crippen LogP contribution in [0.15, 0.2) is 18.2 Å². The lowest BCUT2D eigenvalue weighted by molar-refractivity contribution is -0.113. The molecular weight excluding hydrogens is 312 g/mol. The average Bonchev–Trinajstić information content (AvgIpc) is 2.48. The quantitative estimate of drug-likeness (QED) is 0.737. The Morgan fingerprint density at radius 1 is 1.22 bits per heavy atom. The highest BCUT2D eigenvalue weighted by Gasteiger charge is 2.09. The van der Waals surface area contributed by atoms with Gasteiger partial charge in [-0.1, -0.05) is 25.1 Å². The van der Waals surface area contributed by atoms with Crippen molar-refractivity contribution in [3.05, 3.63) is 35.2 Å². The van der Waals surface area contributed by atoms with Gasteiger partial charge in [0.25, 0.3) is 0 Å². The van der Waals surface area contributed by atoms with Gasteiger partial charge in [0.05, 0.1) is 11.5 Å². The molecule has 0 spiro atoms. The highest BCUT2D eigenvalue weighted by atomic mass is 32.2. The predicted molar refractivity (Wildman–Crippen MR) is 94.0 cm³/mol. The molecule has 0 atom stereocenters. The Bertz CT molecular complexity index is 686. The number of aryl methyl sites for hydroxylation is 2. The Balaban J connectivity index is 1.91. The fraction of sp³-hybridized carbons (Fsp3) is 0.333. The van der Waals surface area contributed by atoms with E-state index >= 15 is 0 Å². The van der Waals surface area contributed by atoms with Crippen molar-refractivity contribution in [2.45, 2.75) is 26.0 Å². The van der Waals surface area contributed by atoms with Crippen LogP contribution in [0.5, 0.6) is 0 Å². The Morgan fingerprint density at radius 3 is 2.57 bits per heavy atom. The zero-order chi connectivity index (χ0) is 16.8. The lowest BCUT2D eigenvalue weighted by Crippen LogP contribution is -2.16. The Labute approximate surface area is 139 Å². The molecule has 8 heteroatoms. The summed E-state index contributed by atoms with van der Waals surface area (Å²) in [6.45, 7) is 4.05. The first-order chi connectivity index (χ1) is 11.0. The van der Waals surface area contributed by atoms with Crippen LogP contribution >= 0.6 is 11.8 Å². The molecule has 2 rings (SSSR count). The van der Waals surface area contributed by atoms with E-state index in [1.165, 1.54) is 11.8 Å². The number of carbonyl (C=O) groups is 1. The number of benzene rings is 1. The molecule has 0 aliphatic rings. The van der Waals surface area contributed by atoms with E-state index in [0.29, 0.717) is 17.3 Å². The van der Waals surface area contributed by atoms with Gasteiger partial charge < -0.3 is 16.8 Å². The zero-order valence-electron chi connectivity index (χ0n) is 13.2. The summed E-state index contributed by atoms with van der Waals surface area (Å²) in [5, 5.41) is 2.98. The second-order valence-corrected chi connectivity index (χ2v) is 5.96. The molecule has 0 saturated carbocycles. The monoisotopic (exact) mass is 332 g/mol. The summed E-state index contributed by atoms with van der Waals surface area (Å²) in [5.41, 5.74) is 14.1.